The highest BCUT2D eigenvalue weighted by atomic mass is 16.2. The number of carbonyl (C=O) groups excluding carboxylic acids is 2. The second kappa shape index (κ2) is 15.3. The normalized spacial score (nSPS) is 14.7. The van der Waals surface area contributed by atoms with Gasteiger partial charge in [-0.15, -0.1) is 0 Å². The van der Waals surface area contributed by atoms with Crippen molar-refractivity contribution >= 4 is 23.7 Å². The van der Waals surface area contributed by atoms with Crippen molar-refractivity contribution < 1.29 is 9.59 Å². The summed E-state index contributed by atoms with van der Waals surface area (Å²) in [5.74, 6) is -0.0366. The number of hydrogen-bond donors (Lipinski definition) is 8. The summed E-state index contributed by atoms with van der Waals surface area (Å²) in [6.45, 7) is 7.36. The van der Waals surface area contributed by atoms with Crippen LogP contribution < -0.4 is 32.7 Å². The first kappa shape index (κ1) is 25.4. The van der Waals surface area contributed by atoms with Crippen LogP contribution in [0.25, 0.3) is 0 Å². The fraction of sp³-hybridized carbons (Fsp3) is 0.778. The Balaban J connectivity index is 2.01. The van der Waals surface area contributed by atoms with Crippen LogP contribution in [0.2, 0.25) is 0 Å². The Morgan fingerprint density at radius 1 is 0.667 bits per heavy atom. The zero-order chi connectivity index (χ0) is 22.2. The largest absolute Gasteiger partial charge is 0.370 e. The van der Waals surface area contributed by atoms with E-state index in [0.717, 1.165) is 52.1 Å². The molecule has 1 fully saturated rings. The Hall–Kier alpha value is -2.60. The summed E-state index contributed by atoms with van der Waals surface area (Å²) in [6, 6.07) is 0. The highest BCUT2D eigenvalue weighted by molar-refractivity contribution is 5.76. The lowest BCUT2D eigenvalue weighted by molar-refractivity contribution is -0.122. The first-order chi connectivity index (χ1) is 14.4. The van der Waals surface area contributed by atoms with Crippen molar-refractivity contribution in [2.24, 2.45) is 11.5 Å². The van der Waals surface area contributed by atoms with Crippen molar-refractivity contribution in [3.63, 3.8) is 0 Å². The van der Waals surface area contributed by atoms with Crippen molar-refractivity contribution in [2.75, 3.05) is 65.4 Å². The zero-order valence-corrected chi connectivity index (χ0v) is 17.8. The predicted molar refractivity (Wildman–Crippen MR) is 117 cm³/mol. The number of hydrogen-bond acceptors (Lipinski definition) is 6. The summed E-state index contributed by atoms with van der Waals surface area (Å²) in [6.07, 6.45) is 2.40. The van der Waals surface area contributed by atoms with E-state index in [0.29, 0.717) is 39.0 Å². The van der Waals surface area contributed by atoms with Crippen LogP contribution >= 0.6 is 0 Å². The third-order valence-electron chi connectivity index (χ3n) is 4.76. The molecule has 0 atom stereocenters. The molecule has 1 aliphatic rings. The van der Waals surface area contributed by atoms with Crippen LogP contribution in [0.5, 0.6) is 0 Å². The van der Waals surface area contributed by atoms with Gasteiger partial charge in [0.2, 0.25) is 11.8 Å². The van der Waals surface area contributed by atoms with Gasteiger partial charge >= 0.3 is 0 Å². The Labute approximate surface area is 178 Å². The molecular formula is C18H38N10O2. The summed E-state index contributed by atoms with van der Waals surface area (Å²) < 4.78 is 0. The molecule has 0 aromatic carbocycles. The number of rotatable bonds is 14. The van der Waals surface area contributed by atoms with Crippen molar-refractivity contribution in [1.82, 2.24) is 31.1 Å². The molecule has 0 spiro atoms. The van der Waals surface area contributed by atoms with E-state index in [1.165, 1.54) is 0 Å². The van der Waals surface area contributed by atoms with Crippen LogP contribution in [0, 0.1) is 10.8 Å². The van der Waals surface area contributed by atoms with E-state index in [1.54, 1.807) is 0 Å². The van der Waals surface area contributed by atoms with Crippen LogP contribution in [0.15, 0.2) is 0 Å². The number of nitrogens with zero attached hydrogens (tertiary/aromatic N) is 2. The topological polar surface area (TPSA) is 188 Å². The van der Waals surface area contributed by atoms with Gasteiger partial charge in [-0.1, -0.05) is 0 Å². The molecule has 30 heavy (non-hydrogen) atoms. The lowest BCUT2D eigenvalue weighted by Crippen LogP contribution is -2.48. The van der Waals surface area contributed by atoms with Crippen molar-refractivity contribution in [2.45, 2.75) is 25.7 Å². The minimum Gasteiger partial charge on any atom is -0.370 e. The summed E-state index contributed by atoms with van der Waals surface area (Å²) in [4.78, 5) is 28.3. The Morgan fingerprint density at radius 3 is 1.33 bits per heavy atom. The molecule has 0 saturated carbocycles. The van der Waals surface area contributed by atoms with E-state index in [4.69, 9.17) is 22.3 Å². The molecule has 10 N–H and O–H groups in total. The molecule has 0 aromatic heterocycles. The van der Waals surface area contributed by atoms with Gasteiger partial charge in [-0.2, -0.15) is 0 Å². The van der Waals surface area contributed by atoms with Crippen LogP contribution in [-0.4, -0.2) is 99.0 Å². The zero-order valence-electron chi connectivity index (χ0n) is 17.8. The summed E-state index contributed by atoms with van der Waals surface area (Å²) >= 11 is 0. The molecule has 0 radical (unpaired) electrons. The summed E-state index contributed by atoms with van der Waals surface area (Å²) in [7, 11) is 0. The molecule has 1 rings (SSSR count). The van der Waals surface area contributed by atoms with Gasteiger partial charge < -0.3 is 42.5 Å². The maximum atomic E-state index is 11.9. The Morgan fingerprint density at radius 2 is 1.00 bits per heavy atom. The van der Waals surface area contributed by atoms with Gasteiger partial charge in [0.25, 0.3) is 0 Å². The van der Waals surface area contributed by atoms with E-state index in [9.17, 15) is 9.59 Å². The van der Waals surface area contributed by atoms with Gasteiger partial charge in [0.05, 0.1) is 0 Å². The molecule has 0 unspecified atom stereocenters. The highest BCUT2D eigenvalue weighted by Gasteiger charge is 2.18. The summed E-state index contributed by atoms with van der Waals surface area (Å²) in [5, 5.41) is 25.2. The van der Waals surface area contributed by atoms with E-state index < -0.39 is 0 Å². The Bertz CT molecular complexity index is 501. The molecule has 2 amide bonds. The van der Waals surface area contributed by atoms with Crippen LogP contribution in [0.3, 0.4) is 0 Å². The van der Waals surface area contributed by atoms with Crippen LogP contribution in [-0.2, 0) is 9.59 Å². The SMILES string of the molecule is N=C(N)NCCCNC(=O)CCN1CCN(CCC(=O)NCCCNC(=N)N)CC1. The van der Waals surface area contributed by atoms with Crippen LogP contribution in [0.1, 0.15) is 25.7 Å². The lowest BCUT2D eigenvalue weighted by atomic mass is 10.2. The van der Waals surface area contributed by atoms with Gasteiger partial charge in [0.1, 0.15) is 0 Å². The minimum absolute atomic E-state index is 0.0374. The van der Waals surface area contributed by atoms with Gasteiger partial charge in [0.15, 0.2) is 11.9 Å². The predicted octanol–water partition coefficient (Wildman–Crippen LogP) is -2.64. The number of nitrogens with one attached hydrogen (secondary N) is 6. The first-order valence-corrected chi connectivity index (χ1v) is 10.5. The lowest BCUT2D eigenvalue weighted by Gasteiger charge is -2.34. The fourth-order valence-electron chi connectivity index (χ4n) is 3.01. The van der Waals surface area contributed by atoms with Crippen molar-refractivity contribution in [3.8, 4) is 0 Å². The number of amides is 2. The molecule has 12 heteroatoms. The standard InChI is InChI=1S/C18H38N10O2/c19-17(20)25-7-1-5-23-15(29)3-9-27-11-13-28(14-12-27)10-4-16(30)24-6-2-8-26-18(21)22/h1-14H2,(H,23,29)(H,24,30)(H4,19,20,25)(H4,21,22,26). The van der Waals surface area contributed by atoms with Gasteiger partial charge in [0, 0.05) is 78.3 Å². The average molecular weight is 427 g/mol. The molecule has 0 aliphatic carbocycles. The van der Waals surface area contributed by atoms with Gasteiger partial charge in [-0.05, 0) is 12.8 Å². The third-order valence-corrected chi connectivity index (χ3v) is 4.76. The maximum Gasteiger partial charge on any atom is 0.221 e. The van der Waals surface area contributed by atoms with E-state index >= 15 is 0 Å². The van der Waals surface area contributed by atoms with E-state index in [-0.39, 0.29) is 23.7 Å². The molecule has 12 nitrogen and oxygen atoms in total. The number of carbonyl (C=O) groups is 2. The van der Waals surface area contributed by atoms with E-state index in [1.807, 2.05) is 0 Å². The highest BCUT2D eigenvalue weighted by Crippen LogP contribution is 2.03. The second-order valence-electron chi connectivity index (χ2n) is 7.27. The first-order valence-electron chi connectivity index (χ1n) is 10.5. The van der Waals surface area contributed by atoms with Gasteiger partial charge in [-0.25, -0.2) is 0 Å². The molecule has 0 bridgehead atoms. The monoisotopic (exact) mass is 426 g/mol. The number of guanidine groups is 2. The molecule has 1 aliphatic heterocycles. The molecular weight excluding hydrogens is 388 g/mol. The minimum atomic E-state index is -0.0557. The average Bonchev–Trinajstić information content (AvgIpc) is 2.70. The van der Waals surface area contributed by atoms with Crippen molar-refractivity contribution in [3.05, 3.63) is 0 Å². The van der Waals surface area contributed by atoms with Crippen LogP contribution in [0.4, 0.5) is 0 Å². The maximum absolute atomic E-state index is 11.9. The molecule has 0 aromatic rings. The Kier molecular flexibility index (Phi) is 12.9. The van der Waals surface area contributed by atoms with Gasteiger partial charge in [-0.3, -0.25) is 20.4 Å². The smallest absolute Gasteiger partial charge is 0.221 e. The third kappa shape index (κ3) is 13.6. The molecule has 1 heterocycles. The van der Waals surface area contributed by atoms with Crippen molar-refractivity contribution in [1.29, 1.82) is 10.8 Å². The number of nitrogens with two attached hydrogens (primary N) is 2. The second-order valence-corrected chi connectivity index (χ2v) is 7.27. The summed E-state index contributed by atoms with van der Waals surface area (Å²) in [5.41, 5.74) is 10.4. The fourth-order valence-corrected chi connectivity index (χ4v) is 3.01. The molecule has 172 valence electrons. The number of piperazine rings is 1. The van der Waals surface area contributed by atoms with E-state index in [2.05, 4.69) is 31.1 Å². The molecule has 1 saturated heterocycles. The quantitative estimate of drug-likeness (QED) is 0.0840.